The molecule has 4 N–H and O–H groups in total. The van der Waals surface area contributed by atoms with Crippen LogP contribution >= 0.6 is 11.3 Å². The van der Waals surface area contributed by atoms with E-state index in [9.17, 15) is 19.8 Å². The number of rotatable bonds is 3. The number of ether oxygens (including phenoxy) is 2. The fourth-order valence-corrected chi connectivity index (χ4v) is 5.34. The van der Waals surface area contributed by atoms with E-state index in [4.69, 9.17) is 15.2 Å². The van der Waals surface area contributed by atoms with Crippen LogP contribution in [0.5, 0.6) is 0 Å². The lowest BCUT2D eigenvalue weighted by Gasteiger charge is -2.34. The number of thiazole rings is 1. The minimum atomic E-state index is -1.26. The fraction of sp³-hybridized carbons (Fsp3) is 0.667. The summed E-state index contributed by atoms with van der Waals surface area (Å²) >= 11 is 1.47. The van der Waals surface area contributed by atoms with Crippen molar-refractivity contribution in [1.82, 2.24) is 4.98 Å². The molecule has 1 fully saturated rings. The zero-order valence-electron chi connectivity index (χ0n) is 22.1. The number of ketones is 1. The highest BCUT2D eigenvalue weighted by Gasteiger charge is 2.52. The number of Topliss-reactive ketones (excluding diaryl/α,β-unsaturated/α-hetero) is 1. The number of cyclic esters (lactones) is 1. The Bertz CT molecular complexity index is 1020. The Morgan fingerprint density at radius 3 is 2.61 bits per heavy atom. The van der Waals surface area contributed by atoms with Gasteiger partial charge in [-0.25, -0.2) is 4.98 Å². The molecule has 3 heterocycles. The highest BCUT2D eigenvalue weighted by Crippen LogP contribution is 2.44. The smallest absolute Gasteiger partial charge is 0.309 e. The van der Waals surface area contributed by atoms with Crippen molar-refractivity contribution in [2.75, 3.05) is 0 Å². The SMILES string of the molecule is C/C(=C\c1csc(CN)n1)C1CC2OC2(C)C/C=C\C(C)C(O)C(C)C(=O)C(C)(C)C(O)CC(=O)O1. The van der Waals surface area contributed by atoms with Gasteiger partial charge in [-0.3, -0.25) is 9.59 Å². The van der Waals surface area contributed by atoms with Crippen LogP contribution in [0.2, 0.25) is 0 Å². The highest BCUT2D eigenvalue weighted by molar-refractivity contribution is 7.09. The first-order valence-corrected chi connectivity index (χ1v) is 13.4. The highest BCUT2D eigenvalue weighted by atomic mass is 32.1. The first-order valence-electron chi connectivity index (χ1n) is 12.6. The zero-order valence-corrected chi connectivity index (χ0v) is 22.9. The maximum Gasteiger partial charge on any atom is 0.309 e. The molecule has 0 amide bonds. The molecule has 1 saturated heterocycles. The molecule has 0 aromatic carbocycles. The molecule has 7 atom stereocenters. The summed E-state index contributed by atoms with van der Waals surface area (Å²) in [4.78, 5) is 30.6. The van der Waals surface area contributed by atoms with Gasteiger partial charge in [0, 0.05) is 30.2 Å². The molecule has 200 valence electrons. The number of hydrogen-bond donors (Lipinski definition) is 3. The summed E-state index contributed by atoms with van der Waals surface area (Å²) in [5, 5.41) is 24.4. The van der Waals surface area contributed by atoms with Crippen LogP contribution in [0.4, 0.5) is 0 Å². The minimum Gasteiger partial charge on any atom is -0.458 e. The molecule has 0 radical (unpaired) electrons. The number of esters is 1. The first-order chi connectivity index (χ1) is 16.8. The summed E-state index contributed by atoms with van der Waals surface area (Å²) in [6.45, 7) is 11.0. The molecule has 0 spiro atoms. The molecule has 1 aromatic rings. The molecule has 0 aliphatic carbocycles. The molecular formula is C27H40N2O6S. The average molecular weight is 521 g/mol. The van der Waals surface area contributed by atoms with Crippen molar-refractivity contribution in [3.63, 3.8) is 0 Å². The van der Waals surface area contributed by atoms with Gasteiger partial charge >= 0.3 is 5.97 Å². The van der Waals surface area contributed by atoms with Gasteiger partial charge < -0.3 is 25.4 Å². The summed E-state index contributed by atoms with van der Waals surface area (Å²) in [6.07, 6.45) is 3.66. The van der Waals surface area contributed by atoms with Gasteiger partial charge in [0.05, 0.1) is 41.4 Å². The normalized spacial score (nSPS) is 37.2. The molecule has 0 bridgehead atoms. The predicted molar refractivity (Wildman–Crippen MR) is 139 cm³/mol. The molecule has 1 aromatic heterocycles. The van der Waals surface area contributed by atoms with Crippen LogP contribution in [0.25, 0.3) is 6.08 Å². The van der Waals surface area contributed by atoms with E-state index in [0.29, 0.717) is 19.4 Å². The standard InChI is InChI=1S/C27H40N2O6S/c1-15-8-7-9-27(6)21(35-27)11-19(16(2)10-18-14-36-22(13-28)29-18)34-23(31)12-20(30)26(4,5)25(33)17(3)24(15)32/h7-8,10,14-15,17,19-21,24,30,32H,9,11-13,28H2,1-6H3/b8-7-,16-10+. The molecular weight excluding hydrogens is 480 g/mol. The number of fused-ring (bicyclic) bond motifs is 1. The second-order valence-corrected chi connectivity index (χ2v) is 11.9. The molecule has 2 aliphatic heterocycles. The van der Waals surface area contributed by atoms with E-state index in [1.807, 2.05) is 44.4 Å². The van der Waals surface area contributed by atoms with Crippen LogP contribution < -0.4 is 5.73 Å². The van der Waals surface area contributed by atoms with E-state index in [1.54, 1.807) is 20.8 Å². The number of nitrogens with two attached hydrogens (primary N) is 1. The quantitative estimate of drug-likeness (QED) is 0.313. The van der Waals surface area contributed by atoms with Gasteiger partial charge in [-0.2, -0.15) is 0 Å². The predicted octanol–water partition coefficient (Wildman–Crippen LogP) is 3.40. The maximum atomic E-state index is 13.2. The van der Waals surface area contributed by atoms with Crippen molar-refractivity contribution in [3.05, 3.63) is 33.8 Å². The number of epoxide rings is 1. The molecule has 7 unspecified atom stereocenters. The molecule has 3 rings (SSSR count). The third kappa shape index (κ3) is 6.50. The minimum absolute atomic E-state index is 0.117. The number of hydrogen-bond acceptors (Lipinski definition) is 9. The molecule has 0 saturated carbocycles. The van der Waals surface area contributed by atoms with Gasteiger partial charge in [-0.15, -0.1) is 11.3 Å². The van der Waals surface area contributed by atoms with Crippen LogP contribution in [-0.4, -0.2) is 57.0 Å². The molecule has 36 heavy (non-hydrogen) atoms. The van der Waals surface area contributed by atoms with Crippen molar-refractivity contribution in [1.29, 1.82) is 0 Å². The average Bonchev–Trinajstić information content (AvgIpc) is 3.23. The number of aromatic nitrogens is 1. The molecule has 2 aliphatic rings. The number of aliphatic hydroxyl groups excluding tert-OH is 2. The van der Waals surface area contributed by atoms with Gasteiger partial charge in [0.15, 0.2) is 0 Å². The third-order valence-corrected chi connectivity index (χ3v) is 8.51. The van der Waals surface area contributed by atoms with Crippen molar-refractivity contribution < 1.29 is 29.3 Å². The largest absolute Gasteiger partial charge is 0.458 e. The van der Waals surface area contributed by atoms with E-state index >= 15 is 0 Å². The third-order valence-electron chi connectivity index (χ3n) is 7.62. The van der Waals surface area contributed by atoms with E-state index in [2.05, 4.69) is 4.98 Å². The van der Waals surface area contributed by atoms with Crippen molar-refractivity contribution >= 4 is 29.2 Å². The van der Waals surface area contributed by atoms with Crippen LogP contribution in [-0.2, 0) is 25.6 Å². The number of carbonyl (C=O) groups is 2. The van der Waals surface area contributed by atoms with Gasteiger partial charge in [-0.05, 0) is 31.9 Å². The van der Waals surface area contributed by atoms with Gasteiger partial charge in [0.2, 0.25) is 0 Å². The van der Waals surface area contributed by atoms with Crippen LogP contribution in [0.3, 0.4) is 0 Å². The van der Waals surface area contributed by atoms with Gasteiger partial charge in [-0.1, -0.05) is 39.8 Å². The second kappa shape index (κ2) is 11.2. The summed E-state index contributed by atoms with van der Waals surface area (Å²) in [7, 11) is 0. The number of nitrogens with zero attached hydrogens (tertiary/aromatic N) is 1. The van der Waals surface area contributed by atoms with E-state index < -0.39 is 41.2 Å². The van der Waals surface area contributed by atoms with Crippen LogP contribution in [0.15, 0.2) is 23.1 Å². The van der Waals surface area contributed by atoms with Crippen molar-refractivity contribution in [3.8, 4) is 0 Å². The Kier molecular flexibility index (Phi) is 8.94. The summed E-state index contributed by atoms with van der Waals surface area (Å²) < 4.78 is 11.9. The first kappa shape index (κ1) is 28.7. The number of carbonyl (C=O) groups excluding carboxylic acids is 2. The lowest BCUT2D eigenvalue weighted by molar-refractivity contribution is -0.154. The van der Waals surface area contributed by atoms with Gasteiger partial charge in [0.1, 0.15) is 16.9 Å². The summed E-state index contributed by atoms with van der Waals surface area (Å²) in [5.41, 5.74) is 5.59. The Balaban J connectivity index is 1.89. The lowest BCUT2D eigenvalue weighted by atomic mass is 9.73. The number of aliphatic hydroxyl groups is 2. The molecule has 8 nitrogen and oxygen atoms in total. The zero-order chi connectivity index (χ0) is 26.8. The fourth-order valence-electron chi connectivity index (χ4n) is 4.71. The van der Waals surface area contributed by atoms with E-state index in [1.165, 1.54) is 11.3 Å². The molecule has 9 heteroatoms. The Hall–Kier alpha value is -1.91. The monoisotopic (exact) mass is 520 g/mol. The van der Waals surface area contributed by atoms with E-state index in [0.717, 1.165) is 16.3 Å². The van der Waals surface area contributed by atoms with E-state index in [-0.39, 0.29) is 24.2 Å². The summed E-state index contributed by atoms with van der Waals surface area (Å²) in [5.74, 6) is -1.87. The van der Waals surface area contributed by atoms with Crippen molar-refractivity contribution in [2.24, 2.45) is 23.0 Å². The second-order valence-electron chi connectivity index (χ2n) is 11.0. The van der Waals surface area contributed by atoms with Crippen molar-refractivity contribution in [2.45, 2.75) is 97.4 Å². The maximum absolute atomic E-state index is 13.2. The summed E-state index contributed by atoms with van der Waals surface area (Å²) in [6, 6.07) is 0. The lowest BCUT2D eigenvalue weighted by Crippen LogP contribution is -2.45. The Labute approximate surface area is 217 Å². The van der Waals surface area contributed by atoms with Gasteiger partial charge in [0.25, 0.3) is 0 Å². The van der Waals surface area contributed by atoms with Crippen LogP contribution in [0, 0.1) is 17.3 Å². The Morgan fingerprint density at radius 1 is 1.28 bits per heavy atom. The van der Waals surface area contributed by atoms with Crippen LogP contribution in [0.1, 0.15) is 71.5 Å². The topological polar surface area (TPSA) is 135 Å². The Morgan fingerprint density at radius 2 is 1.97 bits per heavy atom.